The van der Waals surface area contributed by atoms with Crippen molar-refractivity contribution >= 4 is 29.6 Å². The van der Waals surface area contributed by atoms with Crippen molar-refractivity contribution in [1.29, 1.82) is 0 Å². The van der Waals surface area contributed by atoms with Crippen LogP contribution in [0.1, 0.15) is 30.5 Å². The summed E-state index contributed by atoms with van der Waals surface area (Å²) in [6.45, 7) is 6.31. The fourth-order valence-electron chi connectivity index (χ4n) is 3.65. The molecule has 5 nitrogen and oxygen atoms in total. The van der Waals surface area contributed by atoms with E-state index in [1.165, 1.54) is 19.1 Å². The summed E-state index contributed by atoms with van der Waals surface area (Å²) in [5.41, 5.74) is 2.57. The quantitative estimate of drug-likeness (QED) is 0.492. The van der Waals surface area contributed by atoms with Gasteiger partial charge in [0.25, 0.3) is 0 Å². The summed E-state index contributed by atoms with van der Waals surface area (Å²) >= 11 is 6.05. The minimum atomic E-state index is -0.377. The minimum absolute atomic E-state index is 0.0529. The molecule has 2 aromatic rings. The molecule has 0 aromatic heterocycles. The van der Waals surface area contributed by atoms with Crippen molar-refractivity contribution in [3.63, 3.8) is 0 Å². The number of carbonyl (C=O) groups excluding carboxylic acids is 2. The molecule has 1 aliphatic rings. The van der Waals surface area contributed by atoms with Crippen LogP contribution in [0, 0.1) is 5.82 Å². The van der Waals surface area contributed by atoms with Gasteiger partial charge < -0.3 is 9.64 Å². The molecule has 1 fully saturated rings. The Kier molecular flexibility index (Phi) is 7.82. The van der Waals surface area contributed by atoms with E-state index in [9.17, 15) is 14.0 Å². The zero-order chi connectivity index (χ0) is 22.4. The highest BCUT2D eigenvalue weighted by Crippen LogP contribution is 2.20. The number of hydrogen-bond acceptors (Lipinski definition) is 4. The highest BCUT2D eigenvalue weighted by Gasteiger charge is 2.26. The Labute approximate surface area is 187 Å². The van der Waals surface area contributed by atoms with Gasteiger partial charge in [0, 0.05) is 50.2 Å². The zero-order valence-electron chi connectivity index (χ0n) is 17.7. The summed E-state index contributed by atoms with van der Waals surface area (Å²) < 4.78 is 18.2. The number of esters is 1. The van der Waals surface area contributed by atoms with Crippen LogP contribution in [0.2, 0.25) is 5.02 Å². The third-order valence-electron chi connectivity index (χ3n) is 5.26. The van der Waals surface area contributed by atoms with Crippen LogP contribution in [0.25, 0.3) is 6.08 Å². The average molecular weight is 445 g/mol. The van der Waals surface area contributed by atoms with Gasteiger partial charge in [0.2, 0.25) is 5.91 Å². The molecule has 1 atom stereocenters. The number of rotatable bonds is 6. The van der Waals surface area contributed by atoms with Crippen LogP contribution in [0.15, 0.2) is 48.5 Å². The number of amides is 1. The zero-order valence-corrected chi connectivity index (χ0v) is 18.4. The van der Waals surface area contributed by atoms with Gasteiger partial charge in [0.05, 0.1) is 0 Å². The van der Waals surface area contributed by atoms with E-state index in [1.807, 2.05) is 11.8 Å². The molecule has 7 heteroatoms. The first-order valence-electron chi connectivity index (χ1n) is 10.2. The van der Waals surface area contributed by atoms with E-state index in [4.69, 9.17) is 16.3 Å². The second kappa shape index (κ2) is 10.6. The Bertz CT molecular complexity index is 962. The molecule has 0 saturated carbocycles. The lowest BCUT2D eigenvalue weighted by Crippen LogP contribution is -2.53. The van der Waals surface area contributed by atoms with Crippen LogP contribution in [-0.4, -0.2) is 47.4 Å². The first-order chi connectivity index (χ1) is 14.8. The number of ether oxygens (including phenoxy) is 1. The number of nitrogens with zero attached hydrogens (tertiary/aromatic N) is 2. The molecule has 1 heterocycles. The lowest BCUT2D eigenvalue weighted by molar-refractivity contribution is -0.142. The fourth-order valence-corrected chi connectivity index (χ4v) is 3.84. The summed E-state index contributed by atoms with van der Waals surface area (Å²) in [6.07, 6.45) is 3.28. The van der Waals surface area contributed by atoms with E-state index < -0.39 is 0 Å². The molecule has 1 amide bonds. The van der Waals surface area contributed by atoms with Gasteiger partial charge in [0.1, 0.15) is 12.4 Å². The van der Waals surface area contributed by atoms with Gasteiger partial charge in [0.15, 0.2) is 0 Å². The molecule has 3 rings (SSSR count). The van der Waals surface area contributed by atoms with Gasteiger partial charge in [-0.2, -0.15) is 0 Å². The monoisotopic (exact) mass is 444 g/mol. The second-order valence-electron chi connectivity index (χ2n) is 7.70. The van der Waals surface area contributed by atoms with Crippen LogP contribution in [-0.2, 0) is 27.5 Å². The van der Waals surface area contributed by atoms with E-state index in [2.05, 4.69) is 4.90 Å². The molecule has 0 aliphatic carbocycles. The van der Waals surface area contributed by atoms with Crippen molar-refractivity contribution in [2.45, 2.75) is 33.0 Å². The van der Waals surface area contributed by atoms with Gasteiger partial charge in [-0.05, 0) is 54.0 Å². The third-order valence-corrected chi connectivity index (χ3v) is 5.49. The standard InChI is InChI=1S/C24H26ClFN2O3/c1-17-14-27(15-19-3-8-23(26)9-4-19)11-12-28(17)24(30)10-6-20-5-7-22(25)13-21(20)16-31-18(2)29/h3-10,13,17H,11-12,14-16H2,1-2H3/b10-6+. The topological polar surface area (TPSA) is 49.9 Å². The van der Waals surface area contributed by atoms with Crippen molar-refractivity contribution in [2.75, 3.05) is 19.6 Å². The lowest BCUT2D eigenvalue weighted by Gasteiger charge is -2.39. The van der Waals surface area contributed by atoms with Gasteiger partial charge in [-0.1, -0.05) is 29.8 Å². The normalized spacial score (nSPS) is 17.2. The maximum Gasteiger partial charge on any atom is 0.302 e. The van der Waals surface area contributed by atoms with Crippen LogP contribution in [0.4, 0.5) is 4.39 Å². The van der Waals surface area contributed by atoms with Crippen LogP contribution in [0.3, 0.4) is 0 Å². The van der Waals surface area contributed by atoms with Crippen LogP contribution in [0.5, 0.6) is 0 Å². The Morgan fingerprint density at radius 1 is 1.19 bits per heavy atom. The van der Waals surface area contributed by atoms with Gasteiger partial charge in [-0.15, -0.1) is 0 Å². The predicted octanol–water partition coefficient (Wildman–Crippen LogP) is 4.29. The van der Waals surface area contributed by atoms with E-state index in [1.54, 1.807) is 42.5 Å². The van der Waals surface area contributed by atoms with E-state index >= 15 is 0 Å². The predicted molar refractivity (Wildman–Crippen MR) is 119 cm³/mol. The Hall–Kier alpha value is -2.70. The summed E-state index contributed by atoms with van der Waals surface area (Å²) in [5, 5.41) is 0.538. The third kappa shape index (κ3) is 6.64. The molecule has 0 N–H and O–H groups in total. The fraction of sp³-hybridized carbons (Fsp3) is 0.333. The minimum Gasteiger partial charge on any atom is -0.461 e. The van der Waals surface area contributed by atoms with Gasteiger partial charge >= 0.3 is 5.97 Å². The molecular formula is C24H26ClFN2O3. The molecule has 164 valence electrons. The van der Waals surface area contributed by atoms with Crippen LogP contribution < -0.4 is 0 Å². The molecule has 31 heavy (non-hydrogen) atoms. The van der Waals surface area contributed by atoms with E-state index in [0.29, 0.717) is 11.6 Å². The Morgan fingerprint density at radius 2 is 1.94 bits per heavy atom. The Morgan fingerprint density at radius 3 is 2.61 bits per heavy atom. The molecule has 1 unspecified atom stereocenters. The van der Waals surface area contributed by atoms with Crippen molar-refractivity contribution in [1.82, 2.24) is 9.80 Å². The number of carbonyl (C=O) groups is 2. The SMILES string of the molecule is CC(=O)OCc1cc(Cl)ccc1/C=C/C(=O)N1CCN(Cc2ccc(F)cc2)CC1C. The lowest BCUT2D eigenvalue weighted by atomic mass is 10.1. The largest absolute Gasteiger partial charge is 0.461 e. The summed E-state index contributed by atoms with van der Waals surface area (Å²) in [7, 11) is 0. The van der Waals surface area contributed by atoms with Crippen molar-refractivity contribution in [3.05, 3.63) is 76.1 Å². The highest BCUT2D eigenvalue weighted by atomic mass is 35.5. The second-order valence-corrected chi connectivity index (χ2v) is 8.14. The molecule has 1 saturated heterocycles. The summed E-state index contributed by atoms with van der Waals surface area (Å²) in [4.78, 5) is 28.0. The highest BCUT2D eigenvalue weighted by molar-refractivity contribution is 6.30. The smallest absolute Gasteiger partial charge is 0.302 e. The van der Waals surface area contributed by atoms with Gasteiger partial charge in [-0.3, -0.25) is 14.5 Å². The molecule has 1 aliphatic heterocycles. The number of piperazine rings is 1. The average Bonchev–Trinajstić information content (AvgIpc) is 2.73. The maximum absolute atomic E-state index is 13.1. The van der Waals surface area contributed by atoms with Crippen molar-refractivity contribution in [3.8, 4) is 0 Å². The van der Waals surface area contributed by atoms with Gasteiger partial charge in [-0.25, -0.2) is 4.39 Å². The maximum atomic E-state index is 13.1. The molecule has 2 aromatic carbocycles. The molecule has 0 radical (unpaired) electrons. The van der Waals surface area contributed by atoms with E-state index in [0.717, 1.165) is 36.3 Å². The number of halogens is 2. The van der Waals surface area contributed by atoms with Crippen molar-refractivity contribution in [2.24, 2.45) is 0 Å². The summed E-state index contributed by atoms with van der Waals surface area (Å²) in [6, 6.07) is 11.8. The van der Waals surface area contributed by atoms with E-state index in [-0.39, 0.29) is 30.3 Å². The van der Waals surface area contributed by atoms with Crippen LogP contribution >= 0.6 is 11.6 Å². The first kappa shape index (κ1) is 23.0. The molecule has 0 bridgehead atoms. The molecular weight excluding hydrogens is 419 g/mol. The Balaban J connectivity index is 1.60. The molecule has 0 spiro atoms. The summed E-state index contributed by atoms with van der Waals surface area (Å²) in [5.74, 6) is -0.684. The first-order valence-corrected chi connectivity index (χ1v) is 10.6. The number of hydrogen-bond donors (Lipinski definition) is 0. The number of benzene rings is 2. The van der Waals surface area contributed by atoms with Crippen molar-refractivity contribution < 1.29 is 18.7 Å².